The predicted molar refractivity (Wildman–Crippen MR) is 102 cm³/mol. The molecule has 0 radical (unpaired) electrons. The molecular formula is C19H19FN2O4S. The van der Waals surface area contributed by atoms with Crippen LogP contribution >= 0.6 is 11.8 Å². The molecule has 0 aromatic heterocycles. The fourth-order valence-corrected chi connectivity index (χ4v) is 3.02. The van der Waals surface area contributed by atoms with E-state index in [4.69, 9.17) is 5.11 Å². The summed E-state index contributed by atoms with van der Waals surface area (Å²) in [5.74, 6) is -1.17. The van der Waals surface area contributed by atoms with Gasteiger partial charge in [-0.1, -0.05) is 12.1 Å². The normalized spacial score (nSPS) is 10.3. The smallest absolute Gasteiger partial charge is 0.323 e. The van der Waals surface area contributed by atoms with Gasteiger partial charge in [0.1, 0.15) is 12.4 Å². The molecule has 0 saturated heterocycles. The molecule has 0 bridgehead atoms. The lowest BCUT2D eigenvalue weighted by Gasteiger charge is -2.14. The number of nitrogens with zero attached hydrogens (tertiary/aromatic N) is 1. The number of benzene rings is 2. The van der Waals surface area contributed by atoms with Gasteiger partial charge < -0.3 is 15.3 Å². The number of aliphatic carboxylic acids is 1. The summed E-state index contributed by atoms with van der Waals surface area (Å²) < 4.78 is 12.8. The van der Waals surface area contributed by atoms with Crippen LogP contribution in [0, 0.1) is 5.82 Å². The summed E-state index contributed by atoms with van der Waals surface area (Å²) in [6, 6.07) is 12.4. The Morgan fingerprint density at radius 1 is 1.07 bits per heavy atom. The first-order valence-electron chi connectivity index (χ1n) is 8.04. The Bertz CT molecular complexity index is 809. The van der Waals surface area contributed by atoms with Crippen LogP contribution in [0.3, 0.4) is 0 Å². The number of anilines is 1. The molecule has 27 heavy (non-hydrogen) atoms. The molecule has 0 spiro atoms. The molecule has 2 N–H and O–H groups in total. The Hall–Kier alpha value is -2.87. The molecule has 2 aromatic rings. The zero-order valence-corrected chi connectivity index (χ0v) is 15.5. The minimum atomic E-state index is -1.07. The van der Waals surface area contributed by atoms with E-state index in [9.17, 15) is 18.8 Å². The number of nitrogens with one attached hydrogen (secondary N) is 1. The first-order valence-corrected chi connectivity index (χ1v) is 9.20. The van der Waals surface area contributed by atoms with E-state index in [2.05, 4.69) is 5.32 Å². The van der Waals surface area contributed by atoms with Crippen molar-refractivity contribution in [1.82, 2.24) is 4.90 Å². The number of thioether (sulfide) groups is 1. The van der Waals surface area contributed by atoms with Crippen LogP contribution in [0.15, 0.2) is 48.5 Å². The van der Waals surface area contributed by atoms with Crippen molar-refractivity contribution in [3.63, 3.8) is 0 Å². The molecule has 142 valence electrons. The van der Waals surface area contributed by atoms with Gasteiger partial charge in [0, 0.05) is 24.1 Å². The van der Waals surface area contributed by atoms with Crippen LogP contribution in [-0.4, -0.2) is 47.1 Å². The first kappa shape index (κ1) is 20.4. The summed E-state index contributed by atoms with van der Waals surface area (Å²) in [5, 5.41) is 11.4. The van der Waals surface area contributed by atoms with E-state index in [1.807, 2.05) is 0 Å². The Morgan fingerprint density at radius 3 is 2.30 bits per heavy atom. The standard InChI is InChI=1S/C19H19FN2O4S/c1-22(10-18(24)25)19(26)14-4-2-13(3-5-14)11-27-12-17(23)21-16-8-6-15(20)7-9-16/h2-9H,10-12H2,1H3,(H,21,23)(H,24,25). The van der Waals surface area contributed by atoms with Crippen LogP contribution in [-0.2, 0) is 15.3 Å². The molecule has 0 fully saturated rings. The van der Waals surface area contributed by atoms with E-state index in [0.717, 1.165) is 10.5 Å². The monoisotopic (exact) mass is 390 g/mol. The molecule has 0 aliphatic rings. The van der Waals surface area contributed by atoms with Gasteiger partial charge in [0.15, 0.2) is 0 Å². The number of amides is 2. The van der Waals surface area contributed by atoms with Gasteiger partial charge >= 0.3 is 5.97 Å². The molecule has 2 amide bonds. The zero-order chi connectivity index (χ0) is 19.8. The lowest BCUT2D eigenvalue weighted by molar-refractivity contribution is -0.137. The Labute approximate surface area is 160 Å². The molecule has 0 unspecified atom stereocenters. The van der Waals surface area contributed by atoms with E-state index < -0.39 is 5.97 Å². The second-order valence-corrected chi connectivity index (χ2v) is 6.79. The first-order chi connectivity index (χ1) is 12.8. The van der Waals surface area contributed by atoms with Crippen molar-refractivity contribution in [2.45, 2.75) is 5.75 Å². The van der Waals surface area contributed by atoms with Crippen LogP contribution < -0.4 is 5.32 Å². The van der Waals surface area contributed by atoms with Crippen LogP contribution in [0.25, 0.3) is 0 Å². The number of halogens is 1. The lowest BCUT2D eigenvalue weighted by Crippen LogP contribution is -2.31. The number of rotatable bonds is 8. The van der Waals surface area contributed by atoms with Gasteiger partial charge in [0.2, 0.25) is 5.91 Å². The molecule has 8 heteroatoms. The maximum atomic E-state index is 12.8. The molecule has 0 heterocycles. The SMILES string of the molecule is CN(CC(=O)O)C(=O)c1ccc(CSCC(=O)Nc2ccc(F)cc2)cc1. The average molecular weight is 390 g/mol. The van der Waals surface area contributed by atoms with Gasteiger partial charge in [-0.3, -0.25) is 14.4 Å². The van der Waals surface area contributed by atoms with Crippen molar-refractivity contribution >= 4 is 35.2 Å². The average Bonchev–Trinajstić information content (AvgIpc) is 2.63. The van der Waals surface area contributed by atoms with Gasteiger partial charge in [0.05, 0.1) is 5.75 Å². The molecule has 0 atom stereocenters. The number of carbonyl (C=O) groups is 3. The second kappa shape index (κ2) is 9.72. The van der Waals surface area contributed by atoms with Crippen molar-refractivity contribution in [3.8, 4) is 0 Å². The third-order valence-corrected chi connectivity index (χ3v) is 4.55. The summed E-state index contributed by atoms with van der Waals surface area (Å²) in [6.07, 6.45) is 0. The molecule has 2 aromatic carbocycles. The predicted octanol–water partition coefficient (Wildman–Crippen LogP) is 2.85. The van der Waals surface area contributed by atoms with Gasteiger partial charge in [0.25, 0.3) is 5.91 Å². The largest absolute Gasteiger partial charge is 0.480 e. The van der Waals surface area contributed by atoms with Gasteiger partial charge in [-0.25, -0.2) is 4.39 Å². The second-order valence-electron chi connectivity index (χ2n) is 5.80. The molecular weight excluding hydrogens is 371 g/mol. The Balaban J connectivity index is 1.79. The third-order valence-electron chi connectivity index (χ3n) is 3.55. The van der Waals surface area contributed by atoms with E-state index in [1.165, 1.54) is 43.1 Å². The highest BCUT2D eigenvalue weighted by atomic mass is 32.2. The van der Waals surface area contributed by atoms with Gasteiger partial charge in [-0.15, -0.1) is 11.8 Å². The van der Waals surface area contributed by atoms with Crippen molar-refractivity contribution in [3.05, 3.63) is 65.5 Å². The fraction of sp³-hybridized carbons (Fsp3) is 0.211. The maximum Gasteiger partial charge on any atom is 0.323 e. The molecule has 2 rings (SSSR count). The van der Waals surface area contributed by atoms with Crippen molar-refractivity contribution in [2.75, 3.05) is 24.7 Å². The lowest BCUT2D eigenvalue weighted by atomic mass is 10.1. The molecule has 0 aliphatic heterocycles. The summed E-state index contributed by atoms with van der Waals surface area (Å²) in [5.41, 5.74) is 1.88. The van der Waals surface area contributed by atoms with Crippen LogP contribution in [0.1, 0.15) is 15.9 Å². The number of carbonyl (C=O) groups excluding carboxylic acids is 2. The molecule has 0 aliphatic carbocycles. The number of hydrogen-bond donors (Lipinski definition) is 2. The summed E-state index contributed by atoms with van der Waals surface area (Å²) in [6.45, 7) is -0.362. The van der Waals surface area contributed by atoms with Crippen molar-refractivity contribution in [1.29, 1.82) is 0 Å². The molecule has 0 saturated carbocycles. The maximum absolute atomic E-state index is 12.8. The minimum absolute atomic E-state index is 0.186. The summed E-state index contributed by atoms with van der Waals surface area (Å²) in [4.78, 5) is 35.7. The van der Waals surface area contributed by atoms with Gasteiger partial charge in [-0.2, -0.15) is 0 Å². The zero-order valence-electron chi connectivity index (χ0n) is 14.6. The van der Waals surface area contributed by atoms with Crippen molar-refractivity contribution < 1.29 is 23.9 Å². The number of likely N-dealkylation sites (N-methyl/N-ethyl adjacent to an activating group) is 1. The van der Waals surface area contributed by atoms with E-state index in [1.54, 1.807) is 24.3 Å². The summed E-state index contributed by atoms with van der Waals surface area (Å²) in [7, 11) is 1.43. The highest BCUT2D eigenvalue weighted by Crippen LogP contribution is 2.15. The fourth-order valence-electron chi connectivity index (χ4n) is 2.23. The van der Waals surface area contributed by atoms with Gasteiger partial charge in [-0.05, 0) is 42.0 Å². The van der Waals surface area contributed by atoms with Crippen molar-refractivity contribution in [2.24, 2.45) is 0 Å². The van der Waals surface area contributed by atoms with E-state index >= 15 is 0 Å². The number of hydrogen-bond acceptors (Lipinski definition) is 4. The van der Waals surface area contributed by atoms with Crippen LogP contribution in [0.5, 0.6) is 0 Å². The minimum Gasteiger partial charge on any atom is -0.480 e. The third kappa shape index (κ3) is 6.74. The topological polar surface area (TPSA) is 86.7 Å². The Morgan fingerprint density at radius 2 is 1.70 bits per heavy atom. The highest BCUT2D eigenvalue weighted by Gasteiger charge is 2.14. The molecule has 6 nitrogen and oxygen atoms in total. The Kier molecular flexibility index (Phi) is 7.36. The highest BCUT2D eigenvalue weighted by molar-refractivity contribution is 7.99. The van der Waals surface area contributed by atoms with Crippen LogP contribution in [0.2, 0.25) is 0 Å². The number of carboxylic acid groups (broad SMARTS) is 1. The van der Waals surface area contributed by atoms with Crippen LogP contribution in [0.4, 0.5) is 10.1 Å². The van der Waals surface area contributed by atoms with E-state index in [-0.39, 0.29) is 29.9 Å². The number of carboxylic acids is 1. The summed E-state index contributed by atoms with van der Waals surface area (Å²) >= 11 is 1.41. The van der Waals surface area contributed by atoms with E-state index in [0.29, 0.717) is 17.0 Å². The quantitative estimate of drug-likeness (QED) is 0.724.